The molecule has 0 heterocycles. The van der Waals surface area contributed by atoms with E-state index >= 15 is 0 Å². The molecule has 0 radical (unpaired) electrons. The van der Waals surface area contributed by atoms with Gasteiger partial charge in [-0.2, -0.15) is 0 Å². The molecule has 1 unspecified atom stereocenters. The largest absolute Gasteiger partial charge is 0.497 e. The number of nitrogens with zero attached hydrogens (tertiary/aromatic N) is 1. The molecule has 0 aliphatic rings. The maximum atomic E-state index is 11.0. The third-order valence-corrected chi connectivity index (χ3v) is 4.52. The van der Waals surface area contributed by atoms with E-state index in [1.165, 1.54) is 5.56 Å². The molecule has 26 heavy (non-hydrogen) atoms. The predicted molar refractivity (Wildman–Crippen MR) is 118 cm³/mol. The van der Waals surface area contributed by atoms with Crippen LogP contribution in [0, 0.1) is 0 Å². The number of hydrogen-bond donors (Lipinski definition) is 3. The van der Waals surface area contributed by atoms with Gasteiger partial charge >= 0.3 is 0 Å². The summed E-state index contributed by atoms with van der Waals surface area (Å²) in [5.74, 6) is 2.01. The third-order valence-electron chi connectivity index (χ3n) is 3.79. The van der Waals surface area contributed by atoms with Gasteiger partial charge in [-0.3, -0.25) is 4.99 Å². The van der Waals surface area contributed by atoms with Crippen LogP contribution >= 0.6 is 24.0 Å². The number of methoxy groups -OCH3 is 1. The van der Waals surface area contributed by atoms with Crippen LogP contribution < -0.4 is 20.1 Å². The van der Waals surface area contributed by atoms with Crippen molar-refractivity contribution in [3.63, 3.8) is 0 Å². The number of sulfonamides is 1. The highest BCUT2D eigenvalue weighted by Gasteiger charge is 2.06. The minimum absolute atomic E-state index is 0. The fraction of sp³-hybridized carbons (Fsp3) is 0.588. The SMILES string of the molecule is CN=C(NCCCNS(C)(=O)=O)NCCC(C)c1ccc(OC)cc1.I. The normalized spacial score (nSPS) is 12.8. The highest BCUT2D eigenvalue weighted by atomic mass is 127. The summed E-state index contributed by atoms with van der Waals surface area (Å²) in [5, 5.41) is 6.45. The van der Waals surface area contributed by atoms with E-state index in [1.807, 2.05) is 12.1 Å². The molecule has 150 valence electrons. The Morgan fingerprint density at radius 1 is 1.15 bits per heavy atom. The number of aliphatic imine (C=N–C) groups is 1. The average Bonchev–Trinajstić information content (AvgIpc) is 2.58. The van der Waals surface area contributed by atoms with Crippen LogP contribution in [-0.4, -0.2) is 54.4 Å². The Morgan fingerprint density at radius 2 is 1.77 bits per heavy atom. The molecule has 0 amide bonds. The van der Waals surface area contributed by atoms with E-state index in [9.17, 15) is 8.42 Å². The second kappa shape index (κ2) is 13.2. The highest BCUT2D eigenvalue weighted by Crippen LogP contribution is 2.21. The summed E-state index contributed by atoms with van der Waals surface area (Å²) in [7, 11) is 0.268. The fourth-order valence-corrected chi connectivity index (χ4v) is 2.79. The van der Waals surface area contributed by atoms with Crippen LogP contribution in [0.2, 0.25) is 0 Å². The summed E-state index contributed by atoms with van der Waals surface area (Å²) in [4.78, 5) is 4.17. The summed E-state index contributed by atoms with van der Waals surface area (Å²) in [6.45, 7) is 4.05. The van der Waals surface area contributed by atoms with Crippen LogP contribution in [0.5, 0.6) is 5.75 Å². The summed E-state index contributed by atoms with van der Waals surface area (Å²) < 4.78 is 29.6. The predicted octanol–water partition coefficient (Wildman–Crippen LogP) is 1.91. The molecule has 7 nitrogen and oxygen atoms in total. The summed E-state index contributed by atoms with van der Waals surface area (Å²) >= 11 is 0. The first-order valence-electron chi connectivity index (χ1n) is 8.39. The lowest BCUT2D eigenvalue weighted by molar-refractivity contribution is 0.414. The first kappa shape index (κ1) is 24.9. The Morgan fingerprint density at radius 3 is 2.31 bits per heavy atom. The van der Waals surface area contributed by atoms with Crippen molar-refractivity contribution in [1.29, 1.82) is 0 Å². The molecule has 0 saturated heterocycles. The van der Waals surface area contributed by atoms with Gasteiger partial charge in [0.25, 0.3) is 0 Å². The molecule has 1 atom stereocenters. The number of guanidine groups is 1. The van der Waals surface area contributed by atoms with Crippen LogP contribution in [0.4, 0.5) is 0 Å². The Bertz CT molecular complexity index is 636. The zero-order chi connectivity index (χ0) is 18.7. The van der Waals surface area contributed by atoms with Gasteiger partial charge < -0.3 is 15.4 Å². The molecule has 0 aliphatic carbocycles. The van der Waals surface area contributed by atoms with Crippen molar-refractivity contribution < 1.29 is 13.2 Å². The van der Waals surface area contributed by atoms with Crippen molar-refractivity contribution in [2.45, 2.75) is 25.7 Å². The van der Waals surface area contributed by atoms with E-state index in [0.717, 1.165) is 30.9 Å². The van der Waals surface area contributed by atoms with Crippen molar-refractivity contribution >= 4 is 40.0 Å². The second-order valence-electron chi connectivity index (χ2n) is 5.91. The van der Waals surface area contributed by atoms with E-state index in [-0.39, 0.29) is 24.0 Å². The van der Waals surface area contributed by atoms with E-state index in [2.05, 4.69) is 39.4 Å². The Labute approximate surface area is 174 Å². The summed E-state index contributed by atoms with van der Waals surface area (Å²) in [5.41, 5.74) is 1.28. The minimum atomic E-state index is -3.12. The highest BCUT2D eigenvalue weighted by molar-refractivity contribution is 14.0. The second-order valence-corrected chi connectivity index (χ2v) is 7.74. The molecule has 0 aromatic heterocycles. The monoisotopic (exact) mass is 498 g/mol. The first-order chi connectivity index (χ1) is 11.9. The van der Waals surface area contributed by atoms with Gasteiger partial charge in [-0.1, -0.05) is 19.1 Å². The number of benzene rings is 1. The zero-order valence-electron chi connectivity index (χ0n) is 15.9. The molecule has 1 aromatic carbocycles. The van der Waals surface area contributed by atoms with Gasteiger partial charge in [-0.05, 0) is 36.5 Å². The van der Waals surface area contributed by atoms with Gasteiger partial charge in [0.1, 0.15) is 5.75 Å². The number of ether oxygens (including phenoxy) is 1. The van der Waals surface area contributed by atoms with Crippen molar-refractivity contribution in [2.24, 2.45) is 4.99 Å². The molecular weight excluding hydrogens is 467 g/mol. The summed E-state index contributed by atoms with van der Waals surface area (Å²) in [6.07, 6.45) is 2.82. The number of halogens is 1. The van der Waals surface area contributed by atoms with E-state index in [1.54, 1.807) is 14.2 Å². The Hall–Kier alpha value is -1.07. The fourth-order valence-electron chi connectivity index (χ4n) is 2.28. The standard InChI is InChI=1S/C17H30N4O3S.HI/c1-14(15-6-8-16(24-3)9-7-15)10-13-20-17(18-2)19-11-5-12-21-25(4,22)23;/h6-9,14,21H,5,10-13H2,1-4H3,(H2,18,19,20);1H. The molecule has 9 heteroatoms. The van der Waals surface area contributed by atoms with Gasteiger partial charge in [0.2, 0.25) is 10.0 Å². The zero-order valence-corrected chi connectivity index (χ0v) is 19.1. The molecule has 3 N–H and O–H groups in total. The molecular formula is C17H31IN4O3S. The van der Waals surface area contributed by atoms with E-state index in [0.29, 0.717) is 25.4 Å². The van der Waals surface area contributed by atoms with E-state index < -0.39 is 10.0 Å². The summed E-state index contributed by atoms with van der Waals surface area (Å²) in [6, 6.07) is 8.13. The topological polar surface area (TPSA) is 91.8 Å². The lowest BCUT2D eigenvalue weighted by atomic mass is 9.98. The molecule has 1 aromatic rings. The number of hydrogen-bond acceptors (Lipinski definition) is 4. The van der Waals surface area contributed by atoms with Gasteiger partial charge in [0, 0.05) is 26.7 Å². The Balaban J connectivity index is 0.00000625. The van der Waals surface area contributed by atoms with Crippen molar-refractivity contribution in [3.05, 3.63) is 29.8 Å². The van der Waals surface area contributed by atoms with E-state index in [4.69, 9.17) is 4.74 Å². The Kier molecular flexibility index (Phi) is 12.6. The third kappa shape index (κ3) is 10.8. The number of rotatable bonds is 10. The number of nitrogens with one attached hydrogen (secondary N) is 3. The molecule has 0 aliphatic heterocycles. The lowest BCUT2D eigenvalue weighted by Crippen LogP contribution is -2.39. The quantitative estimate of drug-likeness (QED) is 0.199. The van der Waals surface area contributed by atoms with Gasteiger partial charge in [-0.25, -0.2) is 13.1 Å². The van der Waals surface area contributed by atoms with Gasteiger partial charge in [-0.15, -0.1) is 24.0 Å². The van der Waals surface area contributed by atoms with Gasteiger partial charge in [0.15, 0.2) is 5.96 Å². The van der Waals surface area contributed by atoms with Crippen LogP contribution in [0.25, 0.3) is 0 Å². The first-order valence-corrected chi connectivity index (χ1v) is 10.3. The van der Waals surface area contributed by atoms with Gasteiger partial charge in [0.05, 0.1) is 13.4 Å². The molecule has 0 bridgehead atoms. The van der Waals surface area contributed by atoms with Crippen LogP contribution in [0.1, 0.15) is 31.2 Å². The smallest absolute Gasteiger partial charge is 0.208 e. The molecule has 0 fully saturated rings. The maximum Gasteiger partial charge on any atom is 0.208 e. The van der Waals surface area contributed by atoms with Crippen LogP contribution in [0.3, 0.4) is 0 Å². The average molecular weight is 498 g/mol. The maximum absolute atomic E-state index is 11.0. The van der Waals surface area contributed by atoms with Crippen LogP contribution in [0.15, 0.2) is 29.3 Å². The van der Waals surface area contributed by atoms with Crippen molar-refractivity contribution in [1.82, 2.24) is 15.4 Å². The molecule has 0 saturated carbocycles. The van der Waals surface area contributed by atoms with Crippen molar-refractivity contribution in [3.8, 4) is 5.75 Å². The minimum Gasteiger partial charge on any atom is -0.497 e. The molecule has 0 spiro atoms. The molecule has 1 rings (SSSR count). The van der Waals surface area contributed by atoms with Crippen molar-refractivity contribution in [2.75, 3.05) is 40.0 Å². The lowest BCUT2D eigenvalue weighted by Gasteiger charge is -2.15. The van der Waals surface area contributed by atoms with Crippen LogP contribution in [-0.2, 0) is 10.0 Å².